The van der Waals surface area contributed by atoms with Crippen LogP contribution in [-0.2, 0) is 0 Å². The molecule has 22 heavy (non-hydrogen) atoms. The first kappa shape index (κ1) is 16.3. The highest BCUT2D eigenvalue weighted by molar-refractivity contribution is 6.30. The smallest absolute Gasteiger partial charge is 0.104 e. The van der Waals surface area contributed by atoms with E-state index in [0.29, 0.717) is 11.4 Å². The summed E-state index contributed by atoms with van der Waals surface area (Å²) in [6, 6.07) is 17.2. The molecule has 2 heteroatoms. The summed E-state index contributed by atoms with van der Waals surface area (Å²) in [6.07, 6.45) is 2.04. The van der Waals surface area contributed by atoms with Gasteiger partial charge in [0.2, 0.25) is 0 Å². The van der Waals surface area contributed by atoms with Gasteiger partial charge in [-0.25, -0.2) is 0 Å². The molecule has 0 fully saturated rings. The summed E-state index contributed by atoms with van der Waals surface area (Å²) in [7, 11) is 0. The molecule has 2 rings (SSSR count). The summed E-state index contributed by atoms with van der Waals surface area (Å²) in [4.78, 5) is 0. The highest BCUT2D eigenvalue weighted by atomic mass is 35.5. The fourth-order valence-electron chi connectivity index (χ4n) is 2.18. The van der Waals surface area contributed by atoms with Crippen molar-refractivity contribution in [2.45, 2.75) is 19.4 Å². The van der Waals surface area contributed by atoms with Gasteiger partial charge in [0.15, 0.2) is 0 Å². The molecule has 0 saturated heterocycles. The summed E-state index contributed by atoms with van der Waals surface area (Å²) >= 11 is 5.92. The minimum Gasteiger partial charge on any atom is -0.384 e. The lowest BCUT2D eigenvalue weighted by Gasteiger charge is -2.16. The van der Waals surface area contributed by atoms with Gasteiger partial charge in [-0.1, -0.05) is 66.7 Å². The van der Waals surface area contributed by atoms with Gasteiger partial charge >= 0.3 is 0 Å². The van der Waals surface area contributed by atoms with E-state index in [1.165, 1.54) is 0 Å². The maximum atomic E-state index is 10.8. The first-order valence-corrected chi connectivity index (χ1v) is 7.54. The Labute approximate surface area is 136 Å². The van der Waals surface area contributed by atoms with E-state index in [4.69, 9.17) is 11.6 Å². The predicted molar refractivity (Wildman–Crippen MR) is 93.8 cm³/mol. The van der Waals surface area contributed by atoms with Crippen LogP contribution in [0.4, 0.5) is 0 Å². The molecule has 0 bridgehead atoms. The molecule has 1 atom stereocenters. The number of aliphatic hydroxyl groups is 1. The van der Waals surface area contributed by atoms with Gasteiger partial charge in [0.25, 0.3) is 0 Å². The highest BCUT2D eigenvalue weighted by Gasteiger charge is 2.15. The van der Waals surface area contributed by atoms with Crippen molar-refractivity contribution in [1.82, 2.24) is 0 Å². The van der Waals surface area contributed by atoms with E-state index in [1.54, 1.807) is 12.1 Å². The minimum absolute atomic E-state index is 0.659. The van der Waals surface area contributed by atoms with E-state index < -0.39 is 6.10 Å². The van der Waals surface area contributed by atoms with Crippen molar-refractivity contribution in [2.24, 2.45) is 0 Å². The Hall–Kier alpha value is -2.05. The third-order valence-corrected chi connectivity index (χ3v) is 3.77. The molecule has 1 nitrogen and oxygen atoms in total. The van der Waals surface area contributed by atoms with Crippen LogP contribution < -0.4 is 0 Å². The maximum absolute atomic E-state index is 10.8. The van der Waals surface area contributed by atoms with Crippen molar-refractivity contribution in [2.75, 3.05) is 0 Å². The normalized spacial score (nSPS) is 12.6. The molecule has 0 aromatic heterocycles. The molecule has 1 unspecified atom stereocenters. The quantitative estimate of drug-likeness (QED) is 0.715. The zero-order chi connectivity index (χ0) is 15.9. The van der Waals surface area contributed by atoms with Crippen LogP contribution in [0.25, 0.3) is 5.57 Å². The van der Waals surface area contributed by atoms with E-state index in [0.717, 1.165) is 22.3 Å². The summed E-state index contributed by atoms with van der Waals surface area (Å²) in [6.45, 7) is 5.63. The lowest BCUT2D eigenvalue weighted by atomic mass is 9.93. The Kier molecular flexibility index (Phi) is 5.80. The van der Waals surface area contributed by atoms with E-state index in [1.807, 2.05) is 55.5 Å². The van der Waals surface area contributed by atoms with Gasteiger partial charge < -0.3 is 5.11 Å². The monoisotopic (exact) mass is 310 g/mol. The maximum Gasteiger partial charge on any atom is 0.104 e. The van der Waals surface area contributed by atoms with Crippen LogP contribution >= 0.6 is 11.6 Å². The molecule has 112 valence electrons. The van der Waals surface area contributed by atoms with Crippen LogP contribution in [0.1, 0.15) is 30.6 Å². The third-order valence-electron chi connectivity index (χ3n) is 3.52. The number of benzene rings is 2. The Bertz CT molecular complexity index is 692. The molecular formula is C20H19ClO. The zero-order valence-electron chi connectivity index (χ0n) is 12.6. The molecule has 0 amide bonds. The number of hydrogen-bond donors (Lipinski definition) is 1. The average molecular weight is 311 g/mol. The average Bonchev–Trinajstić information content (AvgIpc) is 2.56. The second-order valence-electron chi connectivity index (χ2n) is 5.14. The number of hydrogen-bond acceptors (Lipinski definition) is 1. The van der Waals surface area contributed by atoms with Crippen molar-refractivity contribution >= 4 is 17.2 Å². The number of allylic oxidation sites excluding steroid dienone is 2. The molecule has 0 aliphatic heterocycles. The largest absolute Gasteiger partial charge is 0.384 e. The molecular weight excluding hydrogens is 292 g/mol. The Morgan fingerprint density at radius 3 is 2.41 bits per heavy atom. The van der Waals surface area contributed by atoms with Crippen molar-refractivity contribution < 1.29 is 5.11 Å². The predicted octanol–water partition coefficient (Wildman–Crippen LogP) is 5.58. The Morgan fingerprint density at radius 1 is 1.18 bits per heavy atom. The van der Waals surface area contributed by atoms with Gasteiger partial charge in [-0.2, -0.15) is 0 Å². The summed E-state index contributed by atoms with van der Waals surface area (Å²) in [5.41, 5.74) is 6.61. The molecule has 2 aromatic carbocycles. The molecule has 0 radical (unpaired) electrons. The fourth-order valence-corrected chi connectivity index (χ4v) is 2.30. The van der Waals surface area contributed by atoms with Gasteiger partial charge in [0, 0.05) is 5.02 Å². The van der Waals surface area contributed by atoms with Crippen LogP contribution in [0.2, 0.25) is 5.02 Å². The molecule has 0 aliphatic carbocycles. The summed E-state index contributed by atoms with van der Waals surface area (Å²) in [5.74, 6) is 0. The van der Waals surface area contributed by atoms with Gasteiger partial charge in [0.1, 0.15) is 6.10 Å². The SMILES string of the molecule is C=C=C(C)C/C=C(\c1ccccc1)C(O)c1ccc(Cl)cc1. The van der Waals surface area contributed by atoms with Crippen LogP contribution in [-0.4, -0.2) is 5.11 Å². The standard InChI is InChI=1S/C20H19ClO/c1-3-15(2)9-14-19(16-7-5-4-6-8-16)20(22)17-10-12-18(21)13-11-17/h4-8,10-14,20,22H,1,9H2,2H3/b19-14+. The topological polar surface area (TPSA) is 20.2 Å². The molecule has 0 aliphatic rings. The van der Waals surface area contributed by atoms with Crippen molar-refractivity contribution in [1.29, 1.82) is 0 Å². The van der Waals surface area contributed by atoms with Crippen molar-refractivity contribution in [3.05, 3.63) is 94.7 Å². The number of halogens is 1. The highest BCUT2D eigenvalue weighted by Crippen LogP contribution is 2.31. The molecule has 0 heterocycles. The van der Waals surface area contributed by atoms with E-state index in [-0.39, 0.29) is 0 Å². The molecule has 1 N–H and O–H groups in total. The number of aliphatic hydroxyl groups excluding tert-OH is 1. The van der Waals surface area contributed by atoms with Crippen LogP contribution in [0.3, 0.4) is 0 Å². The van der Waals surface area contributed by atoms with Gasteiger partial charge in [0.05, 0.1) is 0 Å². The van der Waals surface area contributed by atoms with Crippen molar-refractivity contribution in [3.63, 3.8) is 0 Å². The Morgan fingerprint density at radius 2 is 1.82 bits per heavy atom. The second-order valence-corrected chi connectivity index (χ2v) is 5.58. The molecule has 2 aromatic rings. The first-order chi connectivity index (χ1) is 10.6. The summed E-state index contributed by atoms with van der Waals surface area (Å²) < 4.78 is 0. The van der Waals surface area contributed by atoms with Crippen molar-refractivity contribution in [3.8, 4) is 0 Å². The summed E-state index contributed by atoms with van der Waals surface area (Å²) in [5, 5.41) is 11.4. The lowest BCUT2D eigenvalue weighted by molar-refractivity contribution is 0.238. The third kappa shape index (κ3) is 4.22. The molecule has 0 spiro atoms. The van der Waals surface area contributed by atoms with E-state index in [2.05, 4.69) is 12.3 Å². The second kappa shape index (κ2) is 7.82. The van der Waals surface area contributed by atoms with Crippen LogP contribution in [0.15, 0.2) is 78.6 Å². The first-order valence-electron chi connectivity index (χ1n) is 7.16. The number of rotatable bonds is 5. The van der Waals surface area contributed by atoms with Gasteiger partial charge in [-0.3, -0.25) is 0 Å². The molecule has 0 saturated carbocycles. The fraction of sp³-hybridized carbons (Fsp3) is 0.150. The van der Waals surface area contributed by atoms with Crippen LogP contribution in [0.5, 0.6) is 0 Å². The zero-order valence-corrected chi connectivity index (χ0v) is 13.3. The van der Waals surface area contributed by atoms with Gasteiger partial charge in [-0.05, 0) is 47.8 Å². The van der Waals surface area contributed by atoms with E-state index >= 15 is 0 Å². The minimum atomic E-state index is -0.697. The lowest BCUT2D eigenvalue weighted by Crippen LogP contribution is -2.01. The van der Waals surface area contributed by atoms with Gasteiger partial charge in [-0.15, -0.1) is 5.73 Å². The Balaban J connectivity index is 2.39. The van der Waals surface area contributed by atoms with Crippen LogP contribution in [0, 0.1) is 0 Å². The van der Waals surface area contributed by atoms with E-state index in [9.17, 15) is 5.11 Å².